The minimum atomic E-state index is 0.467. The highest BCUT2D eigenvalue weighted by Crippen LogP contribution is 2.19. The van der Waals surface area contributed by atoms with Gasteiger partial charge in [-0.15, -0.1) is 0 Å². The van der Waals surface area contributed by atoms with Crippen molar-refractivity contribution in [2.24, 2.45) is 5.10 Å². The van der Waals surface area contributed by atoms with E-state index in [0.29, 0.717) is 17.8 Å². The third kappa shape index (κ3) is 6.63. The van der Waals surface area contributed by atoms with Crippen molar-refractivity contribution in [2.45, 2.75) is 44.8 Å². The second-order valence-corrected chi connectivity index (χ2v) is 7.96. The van der Waals surface area contributed by atoms with Gasteiger partial charge in [-0.2, -0.15) is 5.10 Å². The fraction of sp³-hybridized carbons (Fsp3) is 0.333. The summed E-state index contributed by atoms with van der Waals surface area (Å²) in [6.45, 7) is 0.499. The molecular weight excluding hydrogens is 422 g/mol. The molecule has 0 amide bonds. The maximum absolute atomic E-state index is 5.97. The van der Waals surface area contributed by atoms with Crippen LogP contribution in [0.2, 0.25) is 0 Å². The van der Waals surface area contributed by atoms with E-state index in [1.807, 2.05) is 48.5 Å². The lowest BCUT2D eigenvalue weighted by Gasteiger charge is -2.23. The van der Waals surface area contributed by atoms with Crippen LogP contribution in [-0.4, -0.2) is 17.4 Å². The van der Waals surface area contributed by atoms with Crippen molar-refractivity contribution in [3.63, 3.8) is 0 Å². The largest absolute Gasteiger partial charge is 0.488 e. The zero-order valence-electron chi connectivity index (χ0n) is 15.2. The number of thiocarbonyl (C=S) groups is 1. The normalized spacial score (nSPS) is 14.9. The van der Waals surface area contributed by atoms with Gasteiger partial charge < -0.3 is 10.1 Å². The van der Waals surface area contributed by atoms with E-state index < -0.39 is 0 Å². The molecule has 6 heteroatoms. The highest BCUT2D eigenvalue weighted by Gasteiger charge is 2.13. The first kappa shape index (κ1) is 19.8. The number of hydrogen-bond acceptors (Lipinski definition) is 3. The third-order valence-corrected chi connectivity index (χ3v) is 5.21. The number of nitrogens with zero attached hydrogens (tertiary/aromatic N) is 1. The predicted octanol–water partition coefficient (Wildman–Crippen LogP) is 5.16. The van der Waals surface area contributed by atoms with Gasteiger partial charge in [-0.25, -0.2) is 0 Å². The first-order chi connectivity index (χ1) is 13.2. The Morgan fingerprint density at radius 1 is 1.15 bits per heavy atom. The van der Waals surface area contributed by atoms with Gasteiger partial charge in [-0.1, -0.05) is 59.5 Å². The summed E-state index contributed by atoms with van der Waals surface area (Å²) in [4.78, 5) is 0. The highest BCUT2D eigenvalue weighted by molar-refractivity contribution is 9.10. The first-order valence-electron chi connectivity index (χ1n) is 9.26. The SMILES string of the molecule is S=C(N/N=C\c1ccccc1OCc1cccc(Br)c1)NC1CCCCC1. The molecule has 0 unspecified atom stereocenters. The van der Waals surface area contributed by atoms with Gasteiger partial charge in [0.25, 0.3) is 0 Å². The average Bonchev–Trinajstić information content (AvgIpc) is 2.68. The molecule has 0 aliphatic heterocycles. The molecule has 4 nitrogen and oxygen atoms in total. The first-order valence-corrected chi connectivity index (χ1v) is 10.5. The molecule has 27 heavy (non-hydrogen) atoms. The van der Waals surface area contributed by atoms with Crippen LogP contribution in [0.3, 0.4) is 0 Å². The van der Waals surface area contributed by atoms with Crippen LogP contribution < -0.4 is 15.5 Å². The Kier molecular flexibility index (Phi) is 7.66. The Labute approximate surface area is 174 Å². The number of rotatable bonds is 6. The molecule has 2 N–H and O–H groups in total. The fourth-order valence-corrected chi connectivity index (χ4v) is 3.80. The van der Waals surface area contributed by atoms with Crippen LogP contribution in [0, 0.1) is 0 Å². The van der Waals surface area contributed by atoms with Crippen molar-refractivity contribution in [1.82, 2.24) is 10.7 Å². The van der Waals surface area contributed by atoms with Gasteiger partial charge >= 0.3 is 0 Å². The molecule has 142 valence electrons. The number of ether oxygens (including phenoxy) is 1. The van der Waals surface area contributed by atoms with Crippen LogP contribution in [0.25, 0.3) is 0 Å². The van der Waals surface area contributed by atoms with Gasteiger partial charge in [-0.05, 0) is 54.9 Å². The average molecular weight is 446 g/mol. The predicted molar refractivity (Wildman–Crippen MR) is 118 cm³/mol. The fourth-order valence-electron chi connectivity index (χ4n) is 3.13. The van der Waals surface area contributed by atoms with Crippen LogP contribution in [0.15, 0.2) is 58.1 Å². The van der Waals surface area contributed by atoms with Crippen molar-refractivity contribution >= 4 is 39.5 Å². The standard InChI is InChI=1S/C21H24BrN3OS/c22-18-9-6-7-16(13-18)15-26-20-12-5-4-8-17(20)14-23-25-21(27)24-19-10-2-1-3-11-19/h4-9,12-14,19H,1-3,10-11,15H2,(H2,24,25,27)/b23-14-. The van der Waals surface area contributed by atoms with Crippen LogP contribution in [0.5, 0.6) is 5.75 Å². The summed E-state index contributed by atoms with van der Waals surface area (Å²) in [5.41, 5.74) is 4.92. The van der Waals surface area contributed by atoms with Crippen LogP contribution in [-0.2, 0) is 6.61 Å². The molecule has 3 rings (SSSR count). The number of halogens is 1. The number of para-hydroxylation sites is 1. The van der Waals surface area contributed by atoms with E-state index in [1.165, 1.54) is 32.1 Å². The molecule has 0 bridgehead atoms. The summed E-state index contributed by atoms with van der Waals surface area (Å²) >= 11 is 8.82. The Morgan fingerprint density at radius 2 is 1.96 bits per heavy atom. The quantitative estimate of drug-likeness (QED) is 0.366. The van der Waals surface area contributed by atoms with E-state index in [9.17, 15) is 0 Å². The zero-order chi connectivity index (χ0) is 18.9. The van der Waals surface area contributed by atoms with E-state index >= 15 is 0 Å². The highest BCUT2D eigenvalue weighted by atomic mass is 79.9. The molecule has 1 aliphatic rings. The molecule has 0 spiro atoms. The number of hydrazone groups is 1. The van der Waals surface area contributed by atoms with Gasteiger partial charge in [0.1, 0.15) is 12.4 Å². The van der Waals surface area contributed by atoms with Crippen LogP contribution >= 0.6 is 28.1 Å². The van der Waals surface area contributed by atoms with Crippen molar-refractivity contribution in [3.8, 4) is 5.75 Å². The lowest BCUT2D eigenvalue weighted by atomic mass is 9.96. The molecule has 0 aromatic heterocycles. The second kappa shape index (κ2) is 10.4. The molecule has 2 aromatic carbocycles. The molecule has 1 saturated carbocycles. The van der Waals surface area contributed by atoms with E-state index in [2.05, 4.69) is 31.8 Å². The van der Waals surface area contributed by atoms with Crippen molar-refractivity contribution < 1.29 is 4.74 Å². The van der Waals surface area contributed by atoms with E-state index in [-0.39, 0.29) is 0 Å². The van der Waals surface area contributed by atoms with Crippen LogP contribution in [0.1, 0.15) is 43.2 Å². The van der Waals surface area contributed by atoms with Crippen molar-refractivity contribution in [1.29, 1.82) is 0 Å². The second-order valence-electron chi connectivity index (χ2n) is 6.63. The maximum atomic E-state index is 5.97. The minimum Gasteiger partial charge on any atom is -0.488 e. The number of benzene rings is 2. The van der Waals surface area contributed by atoms with Crippen molar-refractivity contribution in [2.75, 3.05) is 0 Å². The number of hydrogen-bond donors (Lipinski definition) is 2. The van der Waals surface area contributed by atoms with Crippen LogP contribution in [0.4, 0.5) is 0 Å². The van der Waals surface area contributed by atoms with Gasteiger partial charge in [0.15, 0.2) is 5.11 Å². The van der Waals surface area contributed by atoms with Crippen molar-refractivity contribution in [3.05, 3.63) is 64.1 Å². The summed E-state index contributed by atoms with van der Waals surface area (Å²) in [6.07, 6.45) is 7.96. The summed E-state index contributed by atoms with van der Waals surface area (Å²) in [5, 5.41) is 8.19. The molecular formula is C21H24BrN3OS. The lowest BCUT2D eigenvalue weighted by Crippen LogP contribution is -2.40. The van der Waals surface area contributed by atoms with E-state index in [1.54, 1.807) is 6.21 Å². The molecule has 1 fully saturated rings. The third-order valence-electron chi connectivity index (χ3n) is 4.51. The van der Waals surface area contributed by atoms with Gasteiger partial charge in [0, 0.05) is 16.1 Å². The van der Waals surface area contributed by atoms with E-state index in [4.69, 9.17) is 17.0 Å². The summed E-state index contributed by atoms with van der Waals surface area (Å²) < 4.78 is 7.01. The zero-order valence-corrected chi connectivity index (χ0v) is 17.6. The molecule has 1 aliphatic carbocycles. The Balaban J connectivity index is 1.53. The smallest absolute Gasteiger partial charge is 0.187 e. The molecule has 2 aromatic rings. The summed E-state index contributed by atoms with van der Waals surface area (Å²) in [5.74, 6) is 0.786. The topological polar surface area (TPSA) is 45.7 Å². The lowest BCUT2D eigenvalue weighted by molar-refractivity contribution is 0.305. The Hall–Kier alpha value is -1.92. The summed E-state index contributed by atoms with van der Waals surface area (Å²) in [7, 11) is 0. The Bertz CT molecular complexity index is 791. The van der Waals surface area contributed by atoms with Gasteiger partial charge in [0.05, 0.1) is 6.21 Å². The Morgan fingerprint density at radius 3 is 2.78 bits per heavy atom. The summed E-state index contributed by atoms with van der Waals surface area (Å²) in [6, 6.07) is 16.4. The van der Waals surface area contributed by atoms with Gasteiger partial charge in [-0.3, -0.25) is 5.43 Å². The number of nitrogens with one attached hydrogen (secondary N) is 2. The molecule has 0 saturated heterocycles. The monoisotopic (exact) mass is 445 g/mol. The molecule has 0 radical (unpaired) electrons. The van der Waals surface area contributed by atoms with E-state index in [0.717, 1.165) is 21.3 Å². The van der Waals surface area contributed by atoms with Gasteiger partial charge in [0.2, 0.25) is 0 Å². The minimum absolute atomic E-state index is 0.467. The molecule has 0 heterocycles. The molecule has 0 atom stereocenters. The maximum Gasteiger partial charge on any atom is 0.187 e.